The molecule has 2 saturated heterocycles. The van der Waals surface area contributed by atoms with Gasteiger partial charge in [0, 0.05) is 38.6 Å². The molecule has 2 aromatic rings. The van der Waals surface area contributed by atoms with Crippen LogP contribution in [0.1, 0.15) is 44.2 Å². The zero-order valence-electron chi connectivity index (χ0n) is 18.5. The Morgan fingerprint density at radius 3 is 2.29 bits per heavy atom. The number of nitrogens with one attached hydrogen (secondary N) is 1. The van der Waals surface area contributed by atoms with Gasteiger partial charge in [0.2, 0.25) is 11.8 Å². The van der Waals surface area contributed by atoms with Gasteiger partial charge in [0.15, 0.2) is 0 Å². The Labute approximate surface area is 184 Å². The second-order valence-corrected chi connectivity index (χ2v) is 9.23. The number of rotatable bonds is 6. The molecule has 6 heteroatoms. The molecule has 2 aliphatic heterocycles. The summed E-state index contributed by atoms with van der Waals surface area (Å²) in [6.07, 6.45) is 5.44. The van der Waals surface area contributed by atoms with E-state index in [1.807, 2.05) is 23.1 Å². The second-order valence-electron chi connectivity index (χ2n) is 9.23. The number of aromatic nitrogens is 1. The average molecular weight is 421 g/mol. The number of hydrogen-bond acceptors (Lipinski definition) is 4. The second kappa shape index (κ2) is 9.18. The normalized spacial score (nSPS) is 21.5. The van der Waals surface area contributed by atoms with Crippen LogP contribution in [-0.2, 0) is 22.7 Å². The first-order chi connectivity index (χ1) is 15.0. The van der Waals surface area contributed by atoms with Gasteiger partial charge in [-0.15, -0.1) is 0 Å². The lowest BCUT2D eigenvalue weighted by Crippen LogP contribution is -2.72. The largest absolute Gasteiger partial charge is 0.342 e. The van der Waals surface area contributed by atoms with Gasteiger partial charge in [0.25, 0.3) is 0 Å². The summed E-state index contributed by atoms with van der Waals surface area (Å²) in [5, 5.41) is 3.08. The van der Waals surface area contributed by atoms with Crippen molar-refractivity contribution >= 4 is 11.8 Å². The first-order valence-corrected chi connectivity index (χ1v) is 11.3. The Morgan fingerprint density at radius 1 is 1.00 bits per heavy atom. The number of carbonyl (C=O) groups is 2. The lowest BCUT2D eigenvalue weighted by Gasteiger charge is -2.52. The molecule has 2 aliphatic rings. The molecular weight excluding hydrogens is 388 g/mol. The van der Waals surface area contributed by atoms with Crippen molar-refractivity contribution in [1.29, 1.82) is 0 Å². The van der Waals surface area contributed by atoms with Crippen molar-refractivity contribution in [3.8, 4) is 0 Å². The zero-order chi connectivity index (χ0) is 21.8. The van der Waals surface area contributed by atoms with Crippen LogP contribution < -0.4 is 5.32 Å². The monoisotopic (exact) mass is 420 g/mol. The average Bonchev–Trinajstić information content (AvgIpc) is 2.77. The van der Waals surface area contributed by atoms with Gasteiger partial charge in [-0.25, -0.2) is 0 Å². The highest BCUT2D eigenvalue weighted by Gasteiger charge is 2.53. The van der Waals surface area contributed by atoms with E-state index in [0.717, 1.165) is 25.2 Å². The van der Waals surface area contributed by atoms with E-state index in [0.29, 0.717) is 31.7 Å². The third-order valence-corrected chi connectivity index (χ3v) is 6.54. The minimum absolute atomic E-state index is 0.00571. The van der Waals surface area contributed by atoms with Crippen molar-refractivity contribution in [2.75, 3.05) is 13.1 Å². The van der Waals surface area contributed by atoms with Crippen LogP contribution in [0.3, 0.4) is 0 Å². The van der Waals surface area contributed by atoms with Crippen molar-refractivity contribution in [3.05, 3.63) is 66.0 Å². The lowest BCUT2D eigenvalue weighted by molar-refractivity contribution is -0.162. The van der Waals surface area contributed by atoms with Crippen LogP contribution in [0.25, 0.3) is 0 Å². The molecule has 31 heavy (non-hydrogen) atoms. The van der Waals surface area contributed by atoms with E-state index >= 15 is 0 Å². The maximum Gasteiger partial charge on any atom is 0.246 e. The Balaban J connectivity index is 1.55. The molecule has 1 N–H and O–H groups in total. The summed E-state index contributed by atoms with van der Waals surface area (Å²) in [4.78, 5) is 35.3. The van der Waals surface area contributed by atoms with Crippen LogP contribution in [0, 0.1) is 5.92 Å². The van der Waals surface area contributed by atoms with E-state index in [4.69, 9.17) is 0 Å². The van der Waals surface area contributed by atoms with E-state index in [9.17, 15) is 9.59 Å². The van der Waals surface area contributed by atoms with Crippen LogP contribution in [0.4, 0.5) is 0 Å². The van der Waals surface area contributed by atoms with Crippen LogP contribution in [-0.4, -0.2) is 51.3 Å². The minimum Gasteiger partial charge on any atom is -0.342 e. The molecule has 1 aromatic heterocycles. The predicted octanol–water partition coefficient (Wildman–Crippen LogP) is 2.99. The van der Waals surface area contributed by atoms with E-state index in [-0.39, 0.29) is 11.8 Å². The number of carbonyl (C=O) groups excluding carboxylic acids is 2. The number of benzene rings is 1. The van der Waals surface area contributed by atoms with Gasteiger partial charge in [-0.05, 0) is 48.4 Å². The summed E-state index contributed by atoms with van der Waals surface area (Å²) in [5.41, 5.74) is 1.50. The van der Waals surface area contributed by atoms with Gasteiger partial charge < -0.3 is 10.2 Å². The zero-order valence-corrected chi connectivity index (χ0v) is 18.5. The molecule has 1 unspecified atom stereocenters. The maximum absolute atomic E-state index is 13.5. The number of pyridine rings is 1. The molecule has 2 fully saturated rings. The van der Waals surface area contributed by atoms with Crippen molar-refractivity contribution in [1.82, 2.24) is 20.1 Å². The fraction of sp³-hybridized carbons (Fsp3) is 0.480. The topological polar surface area (TPSA) is 65.5 Å². The number of hydrogen-bond donors (Lipinski definition) is 1. The van der Waals surface area contributed by atoms with E-state index < -0.39 is 11.6 Å². The van der Waals surface area contributed by atoms with Crippen molar-refractivity contribution < 1.29 is 9.59 Å². The lowest BCUT2D eigenvalue weighted by atomic mass is 9.80. The molecule has 164 valence electrons. The predicted molar refractivity (Wildman–Crippen MR) is 120 cm³/mol. The molecule has 0 aliphatic carbocycles. The van der Waals surface area contributed by atoms with Crippen molar-refractivity contribution in [2.24, 2.45) is 5.92 Å². The maximum atomic E-state index is 13.5. The van der Waals surface area contributed by atoms with Gasteiger partial charge >= 0.3 is 0 Å². The Kier molecular flexibility index (Phi) is 6.37. The molecule has 6 nitrogen and oxygen atoms in total. The molecule has 0 bridgehead atoms. The summed E-state index contributed by atoms with van der Waals surface area (Å²) < 4.78 is 0. The molecule has 1 aromatic carbocycles. The molecule has 1 atom stereocenters. The smallest absolute Gasteiger partial charge is 0.246 e. The number of nitrogens with zero attached hydrogens (tertiary/aromatic N) is 3. The molecule has 3 heterocycles. The van der Waals surface area contributed by atoms with Gasteiger partial charge in [-0.2, -0.15) is 0 Å². The molecular formula is C25H32N4O2. The molecule has 1 spiro atoms. The molecule has 4 rings (SSSR count). The fourth-order valence-corrected chi connectivity index (χ4v) is 4.83. The quantitative estimate of drug-likeness (QED) is 0.780. The minimum atomic E-state index is -0.777. The van der Waals surface area contributed by atoms with Crippen LogP contribution in [0.2, 0.25) is 0 Å². The summed E-state index contributed by atoms with van der Waals surface area (Å²) >= 11 is 0. The molecule has 2 amide bonds. The molecule has 0 radical (unpaired) electrons. The van der Waals surface area contributed by atoms with Gasteiger partial charge in [0.1, 0.15) is 11.6 Å². The highest BCUT2D eigenvalue weighted by Crippen LogP contribution is 2.35. The number of likely N-dealkylation sites (tertiary alicyclic amines) is 1. The number of amides is 2. The Hall–Kier alpha value is -2.73. The van der Waals surface area contributed by atoms with Crippen LogP contribution in [0.15, 0.2) is 54.9 Å². The van der Waals surface area contributed by atoms with Crippen molar-refractivity contribution in [2.45, 2.75) is 57.8 Å². The number of piperazine rings is 1. The Morgan fingerprint density at radius 2 is 1.65 bits per heavy atom. The fourth-order valence-electron chi connectivity index (χ4n) is 4.83. The van der Waals surface area contributed by atoms with Gasteiger partial charge in [0.05, 0.1) is 0 Å². The van der Waals surface area contributed by atoms with E-state index in [1.54, 1.807) is 12.4 Å². The first kappa shape index (κ1) is 21.5. The van der Waals surface area contributed by atoms with E-state index in [1.165, 1.54) is 5.56 Å². The van der Waals surface area contributed by atoms with Crippen LogP contribution in [0.5, 0.6) is 0 Å². The van der Waals surface area contributed by atoms with E-state index in [2.05, 4.69) is 53.3 Å². The SMILES string of the molecule is CC(C)CC1NC(=O)C2(CCN(Cc3ccccc3)CC2)N(Cc2ccncc2)C1=O. The first-order valence-electron chi connectivity index (χ1n) is 11.3. The summed E-state index contributed by atoms with van der Waals surface area (Å²) in [6.45, 7) is 7.06. The standard InChI is InChI=1S/C25H32N4O2/c1-19(2)16-22-23(30)29(18-21-8-12-26-13-9-21)25(24(31)27-22)10-14-28(15-11-25)17-20-6-4-3-5-7-20/h3-9,12-13,19,22H,10-11,14-18H2,1-2H3,(H,27,31). The molecule has 0 saturated carbocycles. The third-order valence-electron chi connectivity index (χ3n) is 6.54. The van der Waals surface area contributed by atoms with Gasteiger partial charge in [-0.3, -0.25) is 19.5 Å². The summed E-state index contributed by atoms with van der Waals surface area (Å²) in [5.74, 6) is 0.381. The summed E-state index contributed by atoms with van der Waals surface area (Å²) in [7, 11) is 0. The number of piperidine rings is 1. The van der Waals surface area contributed by atoms with Crippen LogP contribution >= 0.6 is 0 Å². The highest BCUT2D eigenvalue weighted by atomic mass is 16.2. The highest BCUT2D eigenvalue weighted by molar-refractivity contribution is 6.00. The summed E-state index contributed by atoms with van der Waals surface area (Å²) in [6, 6.07) is 13.8. The Bertz CT molecular complexity index is 892. The third kappa shape index (κ3) is 4.64. The van der Waals surface area contributed by atoms with Gasteiger partial charge in [-0.1, -0.05) is 44.2 Å². The van der Waals surface area contributed by atoms with Crippen molar-refractivity contribution in [3.63, 3.8) is 0 Å².